The Kier molecular flexibility index (Phi) is 5.63. The number of halogens is 1. The van der Waals surface area contributed by atoms with Crippen molar-refractivity contribution >= 4 is 34.6 Å². The van der Waals surface area contributed by atoms with Gasteiger partial charge in [-0.15, -0.1) is 0 Å². The molecule has 1 aliphatic rings. The van der Waals surface area contributed by atoms with Crippen molar-refractivity contribution in [1.82, 2.24) is 4.90 Å². The van der Waals surface area contributed by atoms with E-state index in [-0.39, 0.29) is 16.4 Å². The molecule has 1 aromatic carbocycles. The number of rotatable bonds is 2. The Morgan fingerprint density at radius 1 is 1.21 bits per heavy atom. The lowest BCUT2D eigenvalue weighted by Gasteiger charge is -2.27. The fourth-order valence-corrected chi connectivity index (χ4v) is 3.45. The van der Waals surface area contributed by atoms with Crippen LogP contribution in [0.5, 0.6) is 5.75 Å². The van der Waals surface area contributed by atoms with Crippen LogP contribution in [0.4, 0.5) is 4.79 Å². The molecule has 1 saturated heterocycles. The van der Waals surface area contributed by atoms with E-state index in [0.29, 0.717) is 30.3 Å². The average Bonchev–Trinajstić information content (AvgIpc) is 3.10. The number of aryl methyl sites for hydroxylation is 1. The van der Waals surface area contributed by atoms with E-state index >= 15 is 0 Å². The van der Waals surface area contributed by atoms with Crippen molar-refractivity contribution in [3.05, 3.63) is 38.7 Å². The van der Waals surface area contributed by atoms with Gasteiger partial charge in [0.1, 0.15) is 17.2 Å². The predicted molar refractivity (Wildman–Crippen MR) is 109 cm³/mol. The molecule has 0 spiro atoms. The highest BCUT2D eigenvalue weighted by Gasteiger charge is 2.38. The van der Waals surface area contributed by atoms with Gasteiger partial charge in [-0.25, -0.2) is 14.4 Å². The molecule has 0 radical (unpaired) electrons. The molecule has 1 atom stereocenters. The summed E-state index contributed by atoms with van der Waals surface area (Å²) >= 11 is 6.30. The number of fused-ring (bicyclic) bond motifs is 1. The second-order valence-corrected chi connectivity index (χ2v) is 8.58. The van der Waals surface area contributed by atoms with E-state index in [1.54, 1.807) is 40.7 Å². The summed E-state index contributed by atoms with van der Waals surface area (Å²) in [6.07, 6.45) is 0.577. The molecule has 3 rings (SSSR count). The summed E-state index contributed by atoms with van der Waals surface area (Å²) in [6.45, 7) is 9.18. The third-order valence-corrected chi connectivity index (χ3v) is 5.17. The normalized spacial score (nSPS) is 16.9. The summed E-state index contributed by atoms with van der Waals surface area (Å²) < 4.78 is 16.2. The van der Waals surface area contributed by atoms with Crippen LogP contribution in [0.15, 0.2) is 21.3 Å². The number of carbonyl (C=O) groups is 2. The predicted octanol–water partition coefficient (Wildman–Crippen LogP) is 4.37. The van der Waals surface area contributed by atoms with Crippen molar-refractivity contribution in [2.45, 2.75) is 59.1 Å². The highest BCUT2D eigenvalue weighted by atomic mass is 35.5. The molecule has 0 bridgehead atoms. The van der Waals surface area contributed by atoms with Crippen LogP contribution in [0.3, 0.4) is 0 Å². The zero-order valence-electron chi connectivity index (χ0n) is 17.1. The van der Waals surface area contributed by atoms with Crippen molar-refractivity contribution in [1.29, 1.82) is 0 Å². The van der Waals surface area contributed by atoms with Crippen LogP contribution in [-0.4, -0.2) is 35.2 Å². The lowest BCUT2D eigenvalue weighted by atomic mass is 10.1. The van der Waals surface area contributed by atoms with E-state index in [2.05, 4.69) is 0 Å². The molecule has 29 heavy (non-hydrogen) atoms. The summed E-state index contributed by atoms with van der Waals surface area (Å²) in [5.41, 5.74) is 0.408. The molecule has 7 nitrogen and oxygen atoms in total. The maximum absolute atomic E-state index is 12.7. The van der Waals surface area contributed by atoms with E-state index in [1.807, 2.05) is 0 Å². The molecule has 1 aromatic heterocycles. The number of esters is 1. The minimum Gasteiger partial charge on any atom is -0.444 e. The Morgan fingerprint density at radius 3 is 2.55 bits per heavy atom. The van der Waals surface area contributed by atoms with Gasteiger partial charge >= 0.3 is 17.7 Å². The van der Waals surface area contributed by atoms with Gasteiger partial charge in [0.2, 0.25) is 0 Å². The Morgan fingerprint density at radius 2 is 1.90 bits per heavy atom. The first-order valence-electron chi connectivity index (χ1n) is 9.43. The topological polar surface area (TPSA) is 86.1 Å². The van der Waals surface area contributed by atoms with Crippen LogP contribution >= 0.6 is 11.6 Å². The van der Waals surface area contributed by atoms with Crippen molar-refractivity contribution < 1.29 is 23.5 Å². The number of ether oxygens (including phenoxy) is 2. The van der Waals surface area contributed by atoms with Crippen molar-refractivity contribution in [3.63, 3.8) is 0 Å². The quantitative estimate of drug-likeness (QED) is 0.406. The van der Waals surface area contributed by atoms with E-state index < -0.39 is 29.3 Å². The molecule has 1 fully saturated rings. The molecule has 1 aliphatic heterocycles. The molecule has 0 unspecified atom stereocenters. The van der Waals surface area contributed by atoms with E-state index in [9.17, 15) is 14.4 Å². The van der Waals surface area contributed by atoms with Crippen molar-refractivity contribution in [2.24, 2.45) is 0 Å². The summed E-state index contributed by atoms with van der Waals surface area (Å²) in [6, 6.07) is 2.27. The number of hydrogen-bond donors (Lipinski definition) is 0. The maximum Gasteiger partial charge on any atom is 0.411 e. The highest BCUT2D eigenvalue weighted by molar-refractivity contribution is 6.33. The van der Waals surface area contributed by atoms with E-state index in [1.165, 1.54) is 11.0 Å². The SMILES string of the molecule is Cc1c(C)c2cc(Cl)c(OC(=O)[C@H]3CCCN3C(=O)OC(C)(C)C)cc2oc1=O. The first kappa shape index (κ1) is 21.2. The van der Waals surface area contributed by atoms with Gasteiger partial charge in [0.15, 0.2) is 5.75 Å². The van der Waals surface area contributed by atoms with Gasteiger partial charge in [0.05, 0.1) is 5.02 Å². The minimum atomic E-state index is -0.761. The number of hydrogen-bond acceptors (Lipinski definition) is 6. The lowest BCUT2D eigenvalue weighted by Crippen LogP contribution is -2.44. The van der Waals surface area contributed by atoms with Gasteiger partial charge in [0.25, 0.3) is 0 Å². The molecule has 1 amide bonds. The summed E-state index contributed by atoms with van der Waals surface area (Å²) in [5, 5.41) is 0.882. The van der Waals surface area contributed by atoms with E-state index in [0.717, 1.165) is 5.56 Å². The third kappa shape index (κ3) is 4.40. The number of benzene rings is 1. The molecular formula is C21H24ClNO6. The minimum absolute atomic E-state index is 0.0756. The molecule has 8 heteroatoms. The number of amides is 1. The Bertz CT molecular complexity index is 1040. The maximum atomic E-state index is 12.7. The number of likely N-dealkylation sites (tertiary alicyclic amines) is 1. The molecule has 0 saturated carbocycles. The Hall–Kier alpha value is -2.54. The highest BCUT2D eigenvalue weighted by Crippen LogP contribution is 2.33. The number of carbonyl (C=O) groups excluding carboxylic acids is 2. The standard InChI is InChI=1S/C21H24ClNO6/c1-11-12(2)18(24)27-16-10-17(14(22)9-13(11)16)28-19(25)15-7-6-8-23(15)20(26)29-21(3,4)5/h9-10,15H,6-8H2,1-5H3/t15-/m1/s1. The van der Waals surface area contributed by atoms with Crippen molar-refractivity contribution in [3.8, 4) is 5.75 Å². The summed E-state index contributed by atoms with van der Waals surface area (Å²) in [4.78, 5) is 38.5. The Balaban J connectivity index is 1.85. The second kappa shape index (κ2) is 7.71. The van der Waals surface area contributed by atoms with Gasteiger partial charge in [-0.2, -0.15) is 0 Å². The zero-order chi connectivity index (χ0) is 21.5. The molecule has 2 heterocycles. The molecule has 156 valence electrons. The molecule has 2 aromatic rings. The first-order chi connectivity index (χ1) is 13.5. The molecular weight excluding hydrogens is 398 g/mol. The monoisotopic (exact) mass is 421 g/mol. The van der Waals surface area contributed by atoms with Gasteiger partial charge in [-0.1, -0.05) is 11.6 Å². The van der Waals surface area contributed by atoms with Crippen LogP contribution in [0.25, 0.3) is 11.0 Å². The first-order valence-corrected chi connectivity index (χ1v) is 9.80. The molecule has 0 aliphatic carbocycles. The fraction of sp³-hybridized carbons (Fsp3) is 0.476. The average molecular weight is 422 g/mol. The van der Waals surface area contributed by atoms with Gasteiger partial charge < -0.3 is 13.9 Å². The smallest absolute Gasteiger partial charge is 0.411 e. The van der Waals surface area contributed by atoms with Crippen LogP contribution in [0, 0.1) is 13.8 Å². The lowest BCUT2D eigenvalue weighted by molar-refractivity contribution is -0.139. The summed E-state index contributed by atoms with van der Waals surface area (Å²) in [5.74, 6) is -0.535. The summed E-state index contributed by atoms with van der Waals surface area (Å²) in [7, 11) is 0. The third-order valence-electron chi connectivity index (χ3n) is 4.87. The molecule has 0 N–H and O–H groups in total. The van der Waals surface area contributed by atoms with Crippen LogP contribution in [0.2, 0.25) is 5.02 Å². The Labute approximate surface area is 173 Å². The van der Waals surface area contributed by atoms with E-state index in [4.69, 9.17) is 25.5 Å². The number of nitrogens with zero attached hydrogens (tertiary/aromatic N) is 1. The van der Waals surface area contributed by atoms with Crippen LogP contribution in [-0.2, 0) is 9.53 Å². The van der Waals surface area contributed by atoms with Gasteiger partial charge in [-0.3, -0.25) is 4.90 Å². The van der Waals surface area contributed by atoms with Gasteiger partial charge in [0, 0.05) is 23.6 Å². The fourth-order valence-electron chi connectivity index (χ4n) is 3.25. The second-order valence-electron chi connectivity index (χ2n) is 8.17. The van der Waals surface area contributed by atoms with Gasteiger partial charge in [-0.05, 0) is 59.1 Å². The van der Waals surface area contributed by atoms with Crippen LogP contribution < -0.4 is 10.4 Å². The van der Waals surface area contributed by atoms with Crippen molar-refractivity contribution in [2.75, 3.05) is 6.54 Å². The largest absolute Gasteiger partial charge is 0.444 e. The van der Waals surface area contributed by atoms with Crippen LogP contribution in [0.1, 0.15) is 44.7 Å². The zero-order valence-corrected chi connectivity index (χ0v) is 17.9.